The maximum atomic E-state index is 13.6. The van der Waals surface area contributed by atoms with Crippen molar-refractivity contribution in [2.75, 3.05) is 18.9 Å². The molecule has 1 aliphatic rings. The molecule has 0 saturated carbocycles. The molecule has 1 heterocycles. The fraction of sp³-hybridized carbons (Fsp3) is 0.500. The Balaban J connectivity index is 2.21. The zero-order valence-electron chi connectivity index (χ0n) is 10.7. The Hall–Kier alpha value is -1.76. The first kappa shape index (κ1) is 13.7. The molecule has 1 fully saturated rings. The molecule has 2 rings (SSSR count). The van der Waals surface area contributed by atoms with Gasteiger partial charge in [0.25, 0.3) is 0 Å². The molecular formula is C12H15F2N3O2. The summed E-state index contributed by atoms with van der Waals surface area (Å²) in [7, 11) is 1.95. The Morgan fingerprint density at radius 3 is 2.63 bits per heavy atom. The number of nitro benzene ring substituents is 1. The number of anilines is 1. The number of likely N-dealkylation sites (tertiary alicyclic amines) is 1. The second-order valence-electron chi connectivity index (χ2n) is 4.91. The predicted octanol–water partition coefficient (Wildman–Crippen LogP) is 2.38. The van der Waals surface area contributed by atoms with Gasteiger partial charge in [-0.1, -0.05) is 0 Å². The normalized spacial score (nSPS) is 23.6. The highest BCUT2D eigenvalue weighted by Crippen LogP contribution is 2.27. The quantitative estimate of drug-likeness (QED) is 0.677. The van der Waals surface area contributed by atoms with E-state index in [1.165, 1.54) is 0 Å². The van der Waals surface area contributed by atoms with Crippen LogP contribution in [0.5, 0.6) is 0 Å². The van der Waals surface area contributed by atoms with Crippen LogP contribution in [0.25, 0.3) is 0 Å². The lowest BCUT2D eigenvalue weighted by Crippen LogP contribution is -2.25. The lowest BCUT2D eigenvalue weighted by Gasteiger charge is -2.15. The van der Waals surface area contributed by atoms with Gasteiger partial charge in [0.1, 0.15) is 5.82 Å². The standard InChI is InChI=1S/C12H15F2N3O2/c1-7-3-8(6-16(7)2)15-11-5-12(17(18)19)10(14)4-9(11)13/h4-5,7-8,15H,3,6H2,1-2H3. The largest absolute Gasteiger partial charge is 0.378 e. The zero-order chi connectivity index (χ0) is 14.2. The van der Waals surface area contributed by atoms with Crippen LogP contribution in [0.3, 0.4) is 0 Å². The number of likely N-dealkylation sites (N-methyl/N-ethyl adjacent to an activating group) is 1. The molecule has 5 nitrogen and oxygen atoms in total. The summed E-state index contributed by atoms with van der Waals surface area (Å²) in [4.78, 5) is 11.9. The van der Waals surface area contributed by atoms with Crippen LogP contribution in [0, 0.1) is 21.7 Å². The van der Waals surface area contributed by atoms with Crippen LogP contribution in [0.1, 0.15) is 13.3 Å². The van der Waals surface area contributed by atoms with Crippen LogP contribution in [0.15, 0.2) is 12.1 Å². The molecule has 0 aromatic heterocycles. The molecule has 0 spiro atoms. The average molecular weight is 271 g/mol. The van der Waals surface area contributed by atoms with E-state index in [0.717, 1.165) is 12.5 Å². The van der Waals surface area contributed by atoms with Gasteiger partial charge in [0, 0.05) is 30.8 Å². The predicted molar refractivity (Wildman–Crippen MR) is 67.1 cm³/mol. The molecule has 1 aromatic carbocycles. The highest BCUT2D eigenvalue weighted by molar-refractivity contribution is 5.53. The fourth-order valence-corrected chi connectivity index (χ4v) is 2.31. The van der Waals surface area contributed by atoms with Crippen LogP contribution in [0.4, 0.5) is 20.2 Å². The first-order valence-corrected chi connectivity index (χ1v) is 5.98. The topological polar surface area (TPSA) is 58.4 Å². The highest BCUT2D eigenvalue weighted by Gasteiger charge is 2.27. The molecule has 2 unspecified atom stereocenters. The molecule has 1 N–H and O–H groups in total. The van der Waals surface area contributed by atoms with Crippen molar-refractivity contribution in [2.45, 2.75) is 25.4 Å². The summed E-state index contributed by atoms with van der Waals surface area (Å²) in [5.41, 5.74) is -0.746. The molecule has 1 saturated heterocycles. The Bertz CT molecular complexity index is 500. The van der Waals surface area contributed by atoms with E-state index in [9.17, 15) is 18.9 Å². The molecule has 1 aliphatic heterocycles. The monoisotopic (exact) mass is 271 g/mol. The van der Waals surface area contributed by atoms with E-state index in [-0.39, 0.29) is 11.7 Å². The van der Waals surface area contributed by atoms with Crippen LogP contribution in [-0.2, 0) is 0 Å². The van der Waals surface area contributed by atoms with Gasteiger partial charge < -0.3 is 10.2 Å². The highest BCUT2D eigenvalue weighted by atomic mass is 19.1. The van der Waals surface area contributed by atoms with Gasteiger partial charge in [-0.3, -0.25) is 10.1 Å². The van der Waals surface area contributed by atoms with E-state index in [2.05, 4.69) is 10.2 Å². The zero-order valence-corrected chi connectivity index (χ0v) is 10.7. The van der Waals surface area contributed by atoms with Crippen LogP contribution in [-0.4, -0.2) is 35.5 Å². The van der Waals surface area contributed by atoms with Crippen molar-refractivity contribution in [3.8, 4) is 0 Å². The number of nitro groups is 1. The molecule has 0 radical (unpaired) electrons. The molecule has 2 atom stereocenters. The van der Waals surface area contributed by atoms with Crippen LogP contribution in [0.2, 0.25) is 0 Å². The third-order valence-electron chi connectivity index (χ3n) is 3.48. The Morgan fingerprint density at radius 2 is 2.11 bits per heavy atom. The molecule has 0 amide bonds. The molecule has 104 valence electrons. The number of hydrogen-bond donors (Lipinski definition) is 1. The summed E-state index contributed by atoms with van der Waals surface area (Å²) in [5, 5.41) is 13.5. The summed E-state index contributed by atoms with van der Waals surface area (Å²) in [5.74, 6) is -1.98. The lowest BCUT2D eigenvalue weighted by atomic mass is 10.1. The molecule has 19 heavy (non-hydrogen) atoms. The second kappa shape index (κ2) is 5.08. The van der Waals surface area contributed by atoms with E-state index < -0.39 is 22.2 Å². The Labute approximate surface area is 109 Å². The van der Waals surface area contributed by atoms with Gasteiger partial charge in [-0.2, -0.15) is 4.39 Å². The van der Waals surface area contributed by atoms with E-state index in [4.69, 9.17) is 0 Å². The average Bonchev–Trinajstić information content (AvgIpc) is 2.61. The molecule has 0 aliphatic carbocycles. The maximum absolute atomic E-state index is 13.6. The number of nitrogens with zero attached hydrogens (tertiary/aromatic N) is 2. The Morgan fingerprint density at radius 1 is 1.42 bits per heavy atom. The van der Waals surface area contributed by atoms with Gasteiger partial charge >= 0.3 is 5.69 Å². The SMILES string of the molecule is CC1CC(Nc2cc([N+](=O)[O-])c(F)cc2F)CN1C. The summed E-state index contributed by atoms with van der Waals surface area (Å²) < 4.78 is 26.8. The van der Waals surface area contributed by atoms with Crippen molar-refractivity contribution in [2.24, 2.45) is 0 Å². The maximum Gasteiger partial charge on any atom is 0.307 e. The van der Waals surface area contributed by atoms with Gasteiger partial charge in [0.05, 0.1) is 10.6 Å². The smallest absolute Gasteiger partial charge is 0.307 e. The van der Waals surface area contributed by atoms with Crippen molar-refractivity contribution >= 4 is 11.4 Å². The van der Waals surface area contributed by atoms with Crippen molar-refractivity contribution in [1.82, 2.24) is 4.90 Å². The van der Waals surface area contributed by atoms with E-state index >= 15 is 0 Å². The van der Waals surface area contributed by atoms with Crippen molar-refractivity contribution in [3.05, 3.63) is 33.9 Å². The number of rotatable bonds is 3. The number of halogens is 2. The van der Waals surface area contributed by atoms with Crippen LogP contribution >= 0.6 is 0 Å². The van der Waals surface area contributed by atoms with Gasteiger partial charge in [0.15, 0.2) is 0 Å². The molecule has 0 bridgehead atoms. The minimum atomic E-state index is -1.16. The summed E-state index contributed by atoms with van der Waals surface area (Å²) in [6, 6.07) is 1.81. The van der Waals surface area contributed by atoms with E-state index in [1.54, 1.807) is 0 Å². The minimum Gasteiger partial charge on any atom is -0.378 e. The minimum absolute atomic E-state index is 0.000402. The number of nitrogens with one attached hydrogen (secondary N) is 1. The number of hydrogen-bond acceptors (Lipinski definition) is 4. The van der Waals surface area contributed by atoms with Gasteiger partial charge in [0.2, 0.25) is 5.82 Å². The van der Waals surface area contributed by atoms with E-state index in [0.29, 0.717) is 18.7 Å². The van der Waals surface area contributed by atoms with Gasteiger partial charge in [-0.25, -0.2) is 4.39 Å². The second-order valence-corrected chi connectivity index (χ2v) is 4.91. The Kier molecular flexibility index (Phi) is 3.66. The lowest BCUT2D eigenvalue weighted by molar-refractivity contribution is -0.387. The van der Waals surface area contributed by atoms with Crippen molar-refractivity contribution in [1.29, 1.82) is 0 Å². The first-order chi connectivity index (χ1) is 8.88. The van der Waals surface area contributed by atoms with Crippen LogP contribution < -0.4 is 5.32 Å². The molecule has 1 aromatic rings. The van der Waals surface area contributed by atoms with E-state index in [1.807, 2.05) is 14.0 Å². The first-order valence-electron chi connectivity index (χ1n) is 5.98. The third-order valence-corrected chi connectivity index (χ3v) is 3.48. The third kappa shape index (κ3) is 2.81. The fourth-order valence-electron chi connectivity index (χ4n) is 2.31. The number of benzene rings is 1. The molecular weight excluding hydrogens is 256 g/mol. The summed E-state index contributed by atoms with van der Waals surface area (Å²) in [6.45, 7) is 2.76. The van der Waals surface area contributed by atoms with Gasteiger partial charge in [-0.05, 0) is 20.4 Å². The van der Waals surface area contributed by atoms with Crippen molar-refractivity contribution in [3.63, 3.8) is 0 Å². The van der Waals surface area contributed by atoms with Gasteiger partial charge in [-0.15, -0.1) is 0 Å². The summed E-state index contributed by atoms with van der Waals surface area (Å²) in [6.07, 6.45) is 0.807. The summed E-state index contributed by atoms with van der Waals surface area (Å²) >= 11 is 0. The van der Waals surface area contributed by atoms with Crippen molar-refractivity contribution < 1.29 is 13.7 Å². The molecule has 7 heteroatoms.